The van der Waals surface area contributed by atoms with Crippen LogP contribution < -0.4 is 9.62 Å². The fourth-order valence-corrected chi connectivity index (χ4v) is 6.35. The van der Waals surface area contributed by atoms with Crippen LogP contribution in [0.5, 0.6) is 0 Å². The highest BCUT2D eigenvalue weighted by Gasteiger charge is 2.24. The maximum Gasteiger partial charge on any atom is 0.261 e. The maximum absolute atomic E-state index is 13.3. The lowest BCUT2D eigenvalue weighted by atomic mass is 9.92. The number of carbonyl (C=O) groups is 1. The fraction of sp³-hybridized carbons (Fsp3) is 0.320. The predicted octanol–water partition coefficient (Wildman–Crippen LogP) is 4.88. The number of carbonyl (C=O) groups excluding carboxylic acids is 1. The molecule has 3 aromatic rings. The summed E-state index contributed by atoms with van der Waals surface area (Å²) in [4.78, 5) is 15.9. The lowest BCUT2D eigenvalue weighted by Gasteiger charge is -2.32. The van der Waals surface area contributed by atoms with Crippen molar-refractivity contribution in [2.45, 2.75) is 32.1 Å². The summed E-state index contributed by atoms with van der Waals surface area (Å²) in [5.41, 5.74) is 5.59. The summed E-state index contributed by atoms with van der Waals surface area (Å²) < 4.78 is 46.7. The van der Waals surface area contributed by atoms with Crippen LogP contribution >= 0.6 is 11.3 Å². The average Bonchev–Trinajstić information content (AvgIpc) is 3.25. The van der Waals surface area contributed by atoms with Crippen LogP contribution in [0.4, 0.5) is 15.8 Å². The first kappa shape index (κ1) is 24.4. The number of anilines is 2. The van der Waals surface area contributed by atoms with Crippen molar-refractivity contribution >= 4 is 38.5 Å². The van der Waals surface area contributed by atoms with Crippen molar-refractivity contribution in [3.8, 4) is 0 Å². The van der Waals surface area contributed by atoms with Gasteiger partial charge in [0.1, 0.15) is 5.82 Å². The molecule has 2 heterocycles. The number of ether oxygens (including phenoxy) is 1. The molecule has 1 fully saturated rings. The molecule has 0 unspecified atom stereocenters. The average molecular weight is 503 g/mol. The highest BCUT2D eigenvalue weighted by Crippen LogP contribution is 2.33. The van der Waals surface area contributed by atoms with Crippen LogP contribution in [0.1, 0.15) is 31.9 Å². The van der Waals surface area contributed by atoms with Gasteiger partial charge in [0.2, 0.25) is 0 Å². The standard InChI is InChI=1S/C25H27FN2O4S2/c1-16-14-17(2)24(28-9-11-32-12-10-28)18(3)21(16)15-23(29)25-22(8-13-33-25)27-34(30,31)20-6-4-19(26)5-7-20/h4-8,13-14,27H,9-12,15H2,1-3H3. The molecular formula is C25H27FN2O4S2. The van der Waals surface area contributed by atoms with Crippen molar-refractivity contribution in [1.29, 1.82) is 0 Å². The Morgan fingerprint density at radius 1 is 1.09 bits per heavy atom. The van der Waals surface area contributed by atoms with Crippen LogP contribution in [-0.2, 0) is 21.2 Å². The van der Waals surface area contributed by atoms with Crippen LogP contribution in [0, 0.1) is 26.6 Å². The third-order valence-electron chi connectivity index (χ3n) is 6.04. The van der Waals surface area contributed by atoms with Gasteiger partial charge in [-0.2, -0.15) is 0 Å². The Morgan fingerprint density at radius 3 is 2.44 bits per heavy atom. The zero-order valence-electron chi connectivity index (χ0n) is 19.4. The van der Waals surface area contributed by atoms with Crippen molar-refractivity contribution < 1.29 is 22.3 Å². The van der Waals surface area contributed by atoms with Gasteiger partial charge in [0.25, 0.3) is 10.0 Å². The molecule has 2 aromatic carbocycles. The summed E-state index contributed by atoms with van der Waals surface area (Å²) in [6.45, 7) is 9.08. The molecule has 9 heteroatoms. The monoisotopic (exact) mass is 502 g/mol. The van der Waals surface area contributed by atoms with Gasteiger partial charge in [-0.15, -0.1) is 11.3 Å². The molecule has 0 spiro atoms. The van der Waals surface area contributed by atoms with Crippen molar-refractivity contribution in [3.05, 3.63) is 74.7 Å². The summed E-state index contributed by atoms with van der Waals surface area (Å²) in [5, 5.41) is 1.68. The minimum Gasteiger partial charge on any atom is -0.378 e. The Labute approximate surface area is 203 Å². The lowest BCUT2D eigenvalue weighted by Crippen LogP contribution is -2.37. The van der Waals surface area contributed by atoms with E-state index in [9.17, 15) is 17.6 Å². The minimum absolute atomic E-state index is 0.0705. The predicted molar refractivity (Wildman–Crippen MR) is 133 cm³/mol. The molecule has 4 rings (SSSR count). The van der Waals surface area contributed by atoms with E-state index >= 15 is 0 Å². The lowest BCUT2D eigenvalue weighted by molar-refractivity contribution is 0.0997. The van der Waals surface area contributed by atoms with Gasteiger partial charge in [-0.3, -0.25) is 9.52 Å². The number of nitrogens with zero attached hydrogens (tertiary/aromatic N) is 1. The molecule has 1 N–H and O–H groups in total. The highest BCUT2D eigenvalue weighted by molar-refractivity contribution is 7.92. The molecule has 0 amide bonds. The third kappa shape index (κ3) is 5.01. The topological polar surface area (TPSA) is 75.7 Å². The molecule has 34 heavy (non-hydrogen) atoms. The Bertz CT molecular complexity index is 1310. The summed E-state index contributed by atoms with van der Waals surface area (Å²) >= 11 is 1.20. The Balaban J connectivity index is 1.60. The van der Waals surface area contributed by atoms with Gasteiger partial charge >= 0.3 is 0 Å². The summed E-state index contributed by atoms with van der Waals surface area (Å²) in [5.74, 6) is -0.680. The van der Waals surface area contributed by atoms with E-state index in [0.29, 0.717) is 18.1 Å². The molecule has 1 aromatic heterocycles. The van der Waals surface area contributed by atoms with Crippen LogP contribution in [0.15, 0.2) is 46.7 Å². The number of hydrogen-bond acceptors (Lipinski definition) is 6. The fourth-order valence-electron chi connectivity index (χ4n) is 4.42. The van der Waals surface area contributed by atoms with E-state index in [1.165, 1.54) is 23.5 Å². The van der Waals surface area contributed by atoms with E-state index < -0.39 is 15.8 Å². The summed E-state index contributed by atoms with van der Waals surface area (Å²) in [6, 6.07) is 8.24. The Hall–Kier alpha value is -2.75. The number of rotatable bonds is 7. The van der Waals surface area contributed by atoms with Gasteiger partial charge in [-0.05, 0) is 78.7 Å². The van der Waals surface area contributed by atoms with E-state index in [-0.39, 0.29) is 22.8 Å². The van der Waals surface area contributed by atoms with E-state index in [1.54, 1.807) is 11.4 Å². The Morgan fingerprint density at radius 2 is 1.76 bits per heavy atom. The van der Waals surface area contributed by atoms with Crippen molar-refractivity contribution in [2.24, 2.45) is 0 Å². The highest BCUT2D eigenvalue weighted by atomic mass is 32.2. The normalized spacial score (nSPS) is 14.3. The van der Waals surface area contributed by atoms with Crippen LogP contribution in [0.2, 0.25) is 0 Å². The van der Waals surface area contributed by atoms with Gasteiger partial charge in [0.05, 0.1) is 28.7 Å². The molecule has 0 radical (unpaired) electrons. The SMILES string of the molecule is Cc1cc(C)c(N2CCOCC2)c(C)c1CC(=O)c1sccc1NS(=O)(=O)c1ccc(F)cc1. The Kier molecular flexibility index (Phi) is 7.06. The van der Waals surface area contributed by atoms with Crippen LogP contribution in [0.3, 0.4) is 0 Å². The number of ketones is 1. The smallest absolute Gasteiger partial charge is 0.261 e. The zero-order chi connectivity index (χ0) is 24.5. The van der Waals surface area contributed by atoms with Gasteiger partial charge in [-0.1, -0.05) is 6.07 Å². The quantitative estimate of drug-likeness (QED) is 0.467. The van der Waals surface area contributed by atoms with Gasteiger partial charge in [0, 0.05) is 25.2 Å². The van der Waals surface area contributed by atoms with E-state index in [2.05, 4.69) is 22.6 Å². The largest absolute Gasteiger partial charge is 0.378 e. The van der Waals surface area contributed by atoms with Crippen molar-refractivity contribution in [2.75, 3.05) is 35.9 Å². The first-order chi connectivity index (χ1) is 16.2. The maximum atomic E-state index is 13.3. The minimum atomic E-state index is -3.95. The zero-order valence-corrected chi connectivity index (χ0v) is 21.0. The number of sulfonamides is 1. The molecule has 0 bridgehead atoms. The number of thiophene rings is 1. The molecule has 0 saturated carbocycles. The second-order valence-electron chi connectivity index (χ2n) is 8.38. The number of morpholine rings is 1. The van der Waals surface area contributed by atoms with Crippen LogP contribution in [-0.4, -0.2) is 40.5 Å². The van der Waals surface area contributed by atoms with E-state index in [4.69, 9.17) is 4.74 Å². The molecule has 6 nitrogen and oxygen atoms in total. The van der Waals surface area contributed by atoms with Gasteiger partial charge < -0.3 is 9.64 Å². The second-order valence-corrected chi connectivity index (χ2v) is 11.0. The van der Waals surface area contributed by atoms with Gasteiger partial charge in [0.15, 0.2) is 5.78 Å². The third-order valence-corrected chi connectivity index (χ3v) is 8.38. The van der Waals surface area contributed by atoms with Crippen molar-refractivity contribution in [1.82, 2.24) is 0 Å². The molecule has 0 atom stereocenters. The number of nitrogens with one attached hydrogen (secondary N) is 1. The summed E-state index contributed by atoms with van der Waals surface area (Å²) in [7, 11) is -3.95. The second kappa shape index (κ2) is 9.85. The van der Waals surface area contributed by atoms with Crippen LogP contribution in [0.25, 0.3) is 0 Å². The van der Waals surface area contributed by atoms with E-state index in [0.717, 1.165) is 53.2 Å². The number of hydrogen-bond donors (Lipinski definition) is 1. The summed E-state index contributed by atoms with van der Waals surface area (Å²) in [6.07, 6.45) is 0.168. The molecular weight excluding hydrogens is 475 g/mol. The number of Topliss-reactive ketones (excluding diaryl/α,β-unsaturated/α-hetero) is 1. The molecule has 0 aliphatic carbocycles. The number of halogens is 1. The van der Waals surface area contributed by atoms with E-state index in [1.807, 2.05) is 13.8 Å². The molecule has 1 saturated heterocycles. The molecule has 1 aliphatic heterocycles. The molecule has 180 valence electrons. The number of benzene rings is 2. The van der Waals surface area contributed by atoms with Gasteiger partial charge in [-0.25, -0.2) is 12.8 Å². The number of aryl methyl sites for hydroxylation is 2. The first-order valence-electron chi connectivity index (χ1n) is 11.0. The first-order valence-corrected chi connectivity index (χ1v) is 13.3. The van der Waals surface area contributed by atoms with Crippen molar-refractivity contribution in [3.63, 3.8) is 0 Å². The molecule has 1 aliphatic rings.